The molecule has 2 heterocycles. The maximum atomic E-state index is 13.0. The van der Waals surface area contributed by atoms with Crippen molar-refractivity contribution in [1.29, 1.82) is 0 Å². The lowest BCUT2D eigenvalue weighted by Crippen LogP contribution is -2.15. The first-order chi connectivity index (χ1) is 14.8. The molecule has 0 saturated heterocycles. The van der Waals surface area contributed by atoms with E-state index >= 15 is 0 Å². The molecular formula is C25H28N2O4. The third-order valence-corrected chi connectivity index (χ3v) is 5.80. The molecule has 0 amide bonds. The fourth-order valence-corrected chi connectivity index (χ4v) is 4.25. The number of aryl methyl sites for hydroxylation is 2. The predicted octanol–water partition coefficient (Wildman–Crippen LogP) is 4.54. The van der Waals surface area contributed by atoms with Crippen LogP contribution in [0.15, 0.2) is 36.1 Å². The van der Waals surface area contributed by atoms with E-state index in [4.69, 9.17) is 9.47 Å². The number of benzene rings is 2. The summed E-state index contributed by atoms with van der Waals surface area (Å²) in [4.78, 5) is 15.2. The number of carbonyl (C=O) groups is 1. The maximum Gasteiger partial charge on any atom is 0.232 e. The first kappa shape index (κ1) is 21.0. The molecule has 0 spiro atoms. The standard InChI is InChI=1S/C25H28N2O4/c1-15-11-17(28)12-22-24(15)25(29)23(31-22)14-19-16(2)27(10-6-9-26(3)4)21-8-7-18(30-5)13-20(19)21/h7-8,11-14,28H,6,9-10H2,1-5H3. The van der Waals surface area contributed by atoms with Crippen LogP contribution in [0.25, 0.3) is 17.0 Å². The summed E-state index contributed by atoms with van der Waals surface area (Å²) < 4.78 is 13.6. The summed E-state index contributed by atoms with van der Waals surface area (Å²) in [5, 5.41) is 10.9. The highest BCUT2D eigenvalue weighted by atomic mass is 16.5. The summed E-state index contributed by atoms with van der Waals surface area (Å²) in [5.74, 6) is 1.35. The zero-order valence-corrected chi connectivity index (χ0v) is 18.7. The molecule has 2 aromatic carbocycles. The summed E-state index contributed by atoms with van der Waals surface area (Å²) in [6, 6.07) is 9.09. The van der Waals surface area contributed by atoms with Crippen molar-refractivity contribution < 1.29 is 19.4 Å². The number of methoxy groups -OCH3 is 1. The normalized spacial score (nSPS) is 14.5. The third kappa shape index (κ3) is 3.79. The molecule has 1 aliphatic heterocycles. The highest BCUT2D eigenvalue weighted by molar-refractivity contribution is 6.16. The monoisotopic (exact) mass is 420 g/mol. The zero-order valence-electron chi connectivity index (χ0n) is 18.7. The van der Waals surface area contributed by atoms with Crippen molar-refractivity contribution in [3.8, 4) is 17.2 Å². The quantitative estimate of drug-likeness (QED) is 0.593. The summed E-state index contributed by atoms with van der Waals surface area (Å²) in [6.07, 6.45) is 2.83. The predicted molar refractivity (Wildman–Crippen MR) is 122 cm³/mol. The summed E-state index contributed by atoms with van der Waals surface area (Å²) in [6.45, 7) is 5.73. The van der Waals surface area contributed by atoms with E-state index in [0.29, 0.717) is 16.9 Å². The van der Waals surface area contributed by atoms with Crippen molar-refractivity contribution >= 4 is 22.8 Å². The van der Waals surface area contributed by atoms with E-state index in [-0.39, 0.29) is 17.3 Å². The molecule has 6 heteroatoms. The van der Waals surface area contributed by atoms with Crippen LogP contribution < -0.4 is 9.47 Å². The van der Waals surface area contributed by atoms with Crippen LogP contribution in [0.4, 0.5) is 0 Å². The van der Waals surface area contributed by atoms with E-state index < -0.39 is 0 Å². The Balaban J connectivity index is 1.81. The zero-order chi connectivity index (χ0) is 22.3. The maximum absolute atomic E-state index is 13.0. The molecule has 0 fully saturated rings. The van der Waals surface area contributed by atoms with Crippen molar-refractivity contribution in [2.45, 2.75) is 26.8 Å². The van der Waals surface area contributed by atoms with Gasteiger partial charge in [0.25, 0.3) is 0 Å². The van der Waals surface area contributed by atoms with E-state index in [0.717, 1.165) is 47.4 Å². The number of nitrogens with zero attached hydrogens (tertiary/aromatic N) is 2. The highest BCUT2D eigenvalue weighted by Crippen LogP contribution is 2.38. The van der Waals surface area contributed by atoms with Gasteiger partial charge >= 0.3 is 0 Å². The number of ether oxygens (including phenoxy) is 2. The Morgan fingerprint density at radius 3 is 2.68 bits per heavy atom. The summed E-state index contributed by atoms with van der Waals surface area (Å²) in [7, 11) is 5.79. The van der Waals surface area contributed by atoms with Gasteiger partial charge in [0.05, 0.1) is 12.7 Å². The fourth-order valence-electron chi connectivity index (χ4n) is 4.25. The largest absolute Gasteiger partial charge is 0.508 e. The van der Waals surface area contributed by atoms with Gasteiger partial charge in [0, 0.05) is 34.8 Å². The molecule has 162 valence electrons. The number of allylic oxidation sites excluding steroid dienone is 1. The van der Waals surface area contributed by atoms with Gasteiger partial charge in [0.2, 0.25) is 5.78 Å². The number of phenols is 1. The van der Waals surface area contributed by atoms with Crippen LogP contribution in [0.5, 0.6) is 17.2 Å². The fraction of sp³-hybridized carbons (Fsp3) is 0.320. The van der Waals surface area contributed by atoms with Crippen LogP contribution >= 0.6 is 0 Å². The minimum absolute atomic E-state index is 0.0868. The second kappa shape index (κ2) is 8.12. The van der Waals surface area contributed by atoms with Gasteiger partial charge in [-0.15, -0.1) is 0 Å². The number of hydrogen-bond acceptors (Lipinski definition) is 5. The van der Waals surface area contributed by atoms with Gasteiger partial charge in [-0.3, -0.25) is 4.79 Å². The molecule has 1 aliphatic rings. The number of aromatic nitrogens is 1. The molecule has 0 radical (unpaired) electrons. The van der Waals surface area contributed by atoms with Crippen molar-refractivity contribution in [2.75, 3.05) is 27.7 Å². The lowest BCUT2D eigenvalue weighted by Gasteiger charge is -2.12. The minimum atomic E-state index is -0.164. The minimum Gasteiger partial charge on any atom is -0.508 e. The molecule has 0 unspecified atom stereocenters. The van der Waals surface area contributed by atoms with Gasteiger partial charge in [-0.05, 0) is 76.8 Å². The lowest BCUT2D eigenvalue weighted by molar-refractivity contribution is 0.101. The van der Waals surface area contributed by atoms with Gasteiger partial charge in [-0.2, -0.15) is 0 Å². The molecule has 31 heavy (non-hydrogen) atoms. The van der Waals surface area contributed by atoms with Crippen LogP contribution in [-0.4, -0.2) is 48.1 Å². The Morgan fingerprint density at radius 2 is 1.97 bits per heavy atom. The molecule has 6 nitrogen and oxygen atoms in total. The average Bonchev–Trinajstić information content (AvgIpc) is 3.16. The first-order valence-corrected chi connectivity index (χ1v) is 10.4. The topological polar surface area (TPSA) is 63.9 Å². The Bertz CT molecular complexity index is 1200. The van der Waals surface area contributed by atoms with E-state index in [1.54, 1.807) is 20.1 Å². The van der Waals surface area contributed by atoms with Gasteiger partial charge in [0.15, 0.2) is 5.76 Å². The lowest BCUT2D eigenvalue weighted by atomic mass is 10.0. The van der Waals surface area contributed by atoms with E-state index in [1.165, 1.54) is 6.07 Å². The van der Waals surface area contributed by atoms with Crippen LogP contribution in [0.3, 0.4) is 0 Å². The summed E-state index contributed by atoms with van der Waals surface area (Å²) in [5.41, 5.74) is 4.32. The second-order valence-corrected chi connectivity index (χ2v) is 8.27. The first-order valence-electron chi connectivity index (χ1n) is 10.4. The molecule has 0 bridgehead atoms. The molecule has 1 N–H and O–H groups in total. The molecule has 0 aliphatic carbocycles. The van der Waals surface area contributed by atoms with Crippen LogP contribution in [-0.2, 0) is 6.54 Å². The van der Waals surface area contributed by atoms with Crippen molar-refractivity contribution in [1.82, 2.24) is 9.47 Å². The van der Waals surface area contributed by atoms with Crippen LogP contribution in [0.1, 0.15) is 33.6 Å². The van der Waals surface area contributed by atoms with Crippen LogP contribution in [0, 0.1) is 13.8 Å². The van der Waals surface area contributed by atoms with Crippen molar-refractivity contribution in [3.63, 3.8) is 0 Å². The Hall–Kier alpha value is -3.25. The third-order valence-electron chi connectivity index (χ3n) is 5.80. The molecule has 3 aromatic rings. The number of phenolic OH excluding ortho intramolecular Hbond substituents is 1. The van der Waals surface area contributed by atoms with Gasteiger partial charge in [-0.25, -0.2) is 0 Å². The number of carbonyl (C=O) groups excluding carboxylic acids is 1. The number of fused-ring (bicyclic) bond motifs is 2. The Morgan fingerprint density at radius 1 is 1.19 bits per heavy atom. The molecule has 4 rings (SSSR count). The smallest absolute Gasteiger partial charge is 0.232 e. The van der Waals surface area contributed by atoms with Crippen molar-refractivity contribution in [2.24, 2.45) is 0 Å². The number of rotatable bonds is 6. The van der Waals surface area contributed by atoms with E-state index in [2.05, 4.69) is 36.6 Å². The van der Waals surface area contributed by atoms with Gasteiger partial charge in [0.1, 0.15) is 17.2 Å². The Kier molecular flexibility index (Phi) is 5.50. The second-order valence-electron chi connectivity index (χ2n) is 8.27. The highest BCUT2D eigenvalue weighted by Gasteiger charge is 2.30. The Labute approximate surface area is 182 Å². The van der Waals surface area contributed by atoms with Crippen molar-refractivity contribution in [3.05, 3.63) is 58.5 Å². The van der Waals surface area contributed by atoms with E-state index in [9.17, 15) is 9.90 Å². The van der Waals surface area contributed by atoms with E-state index in [1.807, 2.05) is 18.2 Å². The molecule has 0 atom stereocenters. The SMILES string of the molecule is COc1ccc2c(c1)c(C=C1Oc3cc(O)cc(C)c3C1=O)c(C)n2CCCN(C)C. The molecule has 0 saturated carbocycles. The number of aromatic hydroxyl groups is 1. The number of Topliss-reactive ketones (excluding diaryl/α,β-unsaturated/α-hetero) is 1. The van der Waals surface area contributed by atoms with Gasteiger partial charge < -0.3 is 24.0 Å². The summed E-state index contributed by atoms with van der Waals surface area (Å²) >= 11 is 0. The number of hydrogen-bond donors (Lipinski definition) is 1. The average molecular weight is 421 g/mol. The number of ketones is 1. The van der Waals surface area contributed by atoms with Gasteiger partial charge in [-0.1, -0.05) is 0 Å². The molecule has 1 aromatic heterocycles. The van der Waals surface area contributed by atoms with Crippen LogP contribution in [0.2, 0.25) is 0 Å². The molecular weight excluding hydrogens is 392 g/mol.